The quantitative estimate of drug-likeness (QED) is 0.900. The largest absolute Gasteiger partial charge is 0.495 e. The predicted molar refractivity (Wildman–Crippen MR) is 101 cm³/mol. The Morgan fingerprint density at radius 2 is 1.85 bits per heavy atom. The molecule has 5 nitrogen and oxygen atoms in total. The topological polar surface area (TPSA) is 58.6 Å². The van der Waals surface area contributed by atoms with Crippen LogP contribution in [0.4, 0.5) is 5.69 Å². The molecule has 0 saturated carbocycles. The Kier molecular flexibility index (Phi) is 5.26. The summed E-state index contributed by atoms with van der Waals surface area (Å²) in [6.07, 6.45) is 0.219. The fourth-order valence-corrected chi connectivity index (χ4v) is 3.17. The number of ether oxygens (including phenoxy) is 1. The number of aryl methyl sites for hydroxylation is 2. The van der Waals surface area contributed by atoms with Gasteiger partial charge in [0.15, 0.2) is 0 Å². The minimum absolute atomic E-state index is 0.0515. The van der Waals surface area contributed by atoms with Crippen molar-refractivity contribution < 1.29 is 14.3 Å². The van der Waals surface area contributed by atoms with Gasteiger partial charge >= 0.3 is 0 Å². The van der Waals surface area contributed by atoms with Gasteiger partial charge in [0, 0.05) is 19.5 Å². The third-order valence-corrected chi connectivity index (χ3v) is 4.71. The highest BCUT2D eigenvalue weighted by molar-refractivity contribution is 6.01. The Morgan fingerprint density at radius 1 is 1.15 bits per heavy atom. The molecule has 2 amide bonds. The Labute approximate surface area is 154 Å². The average Bonchev–Trinajstić information content (AvgIpc) is 3.02. The third kappa shape index (κ3) is 3.87. The van der Waals surface area contributed by atoms with Gasteiger partial charge in [0.2, 0.25) is 11.8 Å². The van der Waals surface area contributed by atoms with Crippen LogP contribution < -0.4 is 15.0 Å². The van der Waals surface area contributed by atoms with Crippen molar-refractivity contribution in [2.24, 2.45) is 5.92 Å². The molecule has 1 unspecified atom stereocenters. The summed E-state index contributed by atoms with van der Waals surface area (Å²) in [6, 6.07) is 13.7. The van der Waals surface area contributed by atoms with Crippen LogP contribution in [0.2, 0.25) is 0 Å². The smallest absolute Gasteiger partial charge is 0.227 e. The molecule has 0 aliphatic carbocycles. The molecule has 1 saturated heterocycles. The van der Waals surface area contributed by atoms with E-state index in [1.54, 1.807) is 12.0 Å². The van der Waals surface area contributed by atoms with Gasteiger partial charge < -0.3 is 15.0 Å². The summed E-state index contributed by atoms with van der Waals surface area (Å²) >= 11 is 0. The van der Waals surface area contributed by atoms with E-state index in [4.69, 9.17) is 4.74 Å². The van der Waals surface area contributed by atoms with Gasteiger partial charge in [-0.15, -0.1) is 0 Å². The van der Waals surface area contributed by atoms with Gasteiger partial charge in [0.05, 0.1) is 18.7 Å². The number of rotatable bonds is 5. The van der Waals surface area contributed by atoms with Crippen LogP contribution in [0.1, 0.15) is 23.1 Å². The van der Waals surface area contributed by atoms with Crippen LogP contribution in [-0.2, 0) is 16.1 Å². The summed E-state index contributed by atoms with van der Waals surface area (Å²) in [6.45, 7) is 4.84. The zero-order chi connectivity index (χ0) is 18.7. The van der Waals surface area contributed by atoms with Gasteiger partial charge in [-0.2, -0.15) is 0 Å². The lowest BCUT2D eigenvalue weighted by Crippen LogP contribution is -2.32. The number of nitrogens with one attached hydrogen (secondary N) is 1. The van der Waals surface area contributed by atoms with E-state index in [1.807, 2.05) is 56.3 Å². The first-order valence-corrected chi connectivity index (χ1v) is 8.76. The molecule has 1 aliphatic heterocycles. The van der Waals surface area contributed by atoms with E-state index >= 15 is 0 Å². The maximum atomic E-state index is 12.5. The Morgan fingerprint density at radius 3 is 2.54 bits per heavy atom. The number of carbonyl (C=O) groups is 2. The lowest BCUT2D eigenvalue weighted by Gasteiger charge is -2.20. The zero-order valence-electron chi connectivity index (χ0n) is 15.4. The molecule has 3 rings (SSSR count). The van der Waals surface area contributed by atoms with Crippen molar-refractivity contribution in [2.75, 3.05) is 18.6 Å². The first-order valence-electron chi connectivity index (χ1n) is 8.76. The summed E-state index contributed by atoms with van der Waals surface area (Å²) in [4.78, 5) is 26.6. The van der Waals surface area contributed by atoms with Crippen molar-refractivity contribution in [3.8, 4) is 5.75 Å². The lowest BCUT2D eigenvalue weighted by molar-refractivity contribution is -0.126. The van der Waals surface area contributed by atoms with E-state index in [0.29, 0.717) is 18.8 Å². The van der Waals surface area contributed by atoms with Gasteiger partial charge in [-0.05, 0) is 37.1 Å². The predicted octanol–water partition coefficient (Wildman–Crippen LogP) is 2.98. The van der Waals surface area contributed by atoms with E-state index in [-0.39, 0.29) is 24.2 Å². The average molecular weight is 352 g/mol. The summed E-state index contributed by atoms with van der Waals surface area (Å²) in [5, 5.41) is 2.94. The van der Waals surface area contributed by atoms with Crippen molar-refractivity contribution in [1.82, 2.24) is 5.32 Å². The van der Waals surface area contributed by atoms with Gasteiger partial charge in [0.25, 0.3) is 0 Å². The number of methoxy groups -OCH3 is 1. The van der Waals surface area contributed by atoms with Crippen molar-refractivity contribution in [3.63, 3.8) is 0 Å². The second-order valence-corrected chi connectivity index (χ2v) is 6.78. The molecule has 2 aromatic carbocycles. The molecule has 5 heteroatoms. The minimum atomic E-state index is -0.349. The fourth-order valence-electron chi connectivity index (χ4n) is 3.17. The molecular weight excluding hydrogens is 328 g/mol. The molecule has 1 N–H and O–H groups in total. The molecule has 0 aromatic heterocycles. The number of nitrogens with zero attached hydrogens (tertiary/aromatic N) is 1. The van der Waals surface area contributed by atoms with Gasteiger partial charge in [-0.1, -0.05) is 35.9 Å². The van der Waals surface area contributed by atoms with Crippen LogP contribution in [0, 0.1) is 19.8 Å². The molecular formula is C21H24N2O3. The molecule has 1 atom stereocenters. The molecule has 0 spiro atoms. The summed E-state index contributed by atoms with van der Waals surface area (Å²) in [5.41, 5.74) is 4.00. The number of amides is 2. The molecule has 2 aromatic rings. The van der Waals surface area contributed by atoms with Crippen LogP contribution in [0.5, 0.6) is 5.75 Å². The normalized spacial score (nSPS) is 16.7. The van der Waals surface area contributed by atoms with Gasteiger partial charge in [0.1, 0.15) is 5.75 Å². The Hall–Kier alpha value is -2.82. The fraction of sp³-hybridized carbons (Fsp3) is 0.333. The Bertz CT molecular complexity index is 815. The standard InChI is InChI=1S/C21H24N2O3/c1-14-4-7-16(8-5-14)12-22-21(25)17-11-20(24)23(13-17)18-10-15(2)6-9-19(18)26-3/h4-10,17H,11-13H2,1-3H3,(H,22,25). The summed E-state index contributed by atoms with van der Waals surface area (Å²) < 4.78 is 5.38. The molecule has 26 heavy (non-hydrogen) atoms. The molecule has 136 valence electrons. The van der Waals surface area contributed by atoms with Crippen molar-refractivity contribution in [3.05, 3.63) is 59.2 Å². The van der Waals surface area contributed by atoms with Crippen LogP contribution in [0.15, 0.2) is 42.5 Å². The van der Waals surface area contributed by atoms with E-state index < -0.39 is 0 Å². The monoisotopic (exact) mass is 352 g/mol. The van der Waals surface area contributed by atoms with E-state index in [9.17, 15) is 9.59 Å². The summed E-state index contributed by atoms with van der Waals surface area (Å²) in [5.74, 6) is 0.153. The number of benzene rings is 2. The molecule has 1 fully saturated rings. The molecule has 0 radical (unpaired) electrons. The number of anilines is 1. The second-order valence-electron chi connectivity index (χ2n) is 6.78. The van der Waals surface area contributed by atoms with Crippen molar-refractivity contribution in [2.45, 2.75) is 26.8 Å². The highest BCUT2D eigenvalue weighted by atomic mass is 16.5. The third-order valence-electron chi connectivity index (χ3n) is 4.71. The molecule has 1 aliphatic rings. The van der Waals surface area contributed by atoms with Crippen LogP contribution in [0.3, 0.4) is 0 Å². The SMILES string of the molecule is COc1ccc(C)cc1N1CC(C(=O)NCc2ccc(C)cc2)CC1=O. The van der Waals surface area contributed by atoms with Crippen LogP contribution in [0.25, 0.3) is 0 Å². The first kappa shape index (κ1) is 18.0. The maximum Gasteiger partial charge on any atom is 0.227 e. The van der Waals surface area contributed by atoms with Crippen molar-refractivity contribution >= 4 is 17.5 Å². The van der Waals surface area contributed by atoms with Crippen LogP contribution in [-0.4, -0.2) is 25.5 Å². The van der Waals surface area contributed by atoms with Gasteiger partial charge in [-0.3, -0.25) is 9.59 Å². The molecule has 0 bridgehead atoms. The van der Waals surface area contributed by atoms with E-state index in [1.165, 1.54) is 5.56 Å². The highest BCUT2D eigenvalue weighted by Gasteiger charge is 2.36. The van der Waals surface area contributed by atoms with E-state index in [0.717, 1.165) is 16.8 Å². The first-order chi connectivity index (χ1) is 12.5. The van der Waals surface area contributed by atoms with Crippen LogP contribution >= 0.6 is 0 Å². The second kappa shape index (κ2) is 7.60. The number of hydrogen-bond donors (Lipinski definition) is 1. The minimum Gasteiger partial charge on any atom is -0.495 e. The lowest BCUT2D eigenvalue weighted by atomic mass is 10.1. The maximum absolute atomic E-state index is 12.5. The van der Waals surface area contributed by atoms with Gasteiger partial charge in [-0.25, -0.2) is 0 Å². The Balaban J connectivity index is 1.66. The summed E-state index contributed by atoms with van der Waals surface area (Å²) in [7, 11) is 1.58. The van der Waals surface area contributed by atoms with Crippen molar-refractivity contribution in [1.29, 1.82) is 0 Å². The zero-order valence-corrected chi connectivity index (χ0v) is 15.4. The molecule has 1 heterocycles. The highest BCUT2D eigenvalue weighted by Crippen LogP contribution is 2.33. The van der Waals surface area contributed by atoms with E-state index in [2.05, 4.69) is 5.32 Å². The number of carbonyl (C=O) groups excluding carboxylic acids is 2. The number of hydrogen-bond acceptors (Lipinski definition) is 3.